The van der Waals surface area contributed by atoms with Crippen molar-refractivity contribution in [2.45, 2.75) is 32.7 Å². The van der Waals surface area contributed by atoms with Gasteiger partial charge in [-0.1, -0.05) is 29.3 Å². The van der Waals surface area contributed by atoms with E-state index < -0.39 is 12.0 Å². The van der Waals surface area contributed by atoms with Crippen LogP contribution in [0.4, 0.5) is 4.79 Å². The molecule has 1 aromatic rings. The molecule has 2 amide bonds. The second-order valence-corrected chi connectivity index (χ2v) is 6.20. The number of halogens is 1. The molecule has 0 bridgehead atoms. The fraction of sp³-hybridized carbons (Fsp3) is 0.412. The van der Waals surface area contributed by atoms with Crippen LogP contribution in [0.2, 0.25) is 0 Å². The van der Waals surface area contributed by atoms with Gasteiger partial charge < -0.3 is 20.1 Å². The van der Waals surface area contributed by atoms with E-state index >= 15 is 0 Å². The molecular weight excluding hydrogens is 376 g/mol. The molecule has 1 aliphatic rings. The summed E-state index contributed by atoms with van der Waals surface area (Å²) in [6.45, 7) is 4.00. The maximum atomic E-state index is 12.5. The van der Waals surface area contributed by atoms with Crippen molar-refractivity contribution in [2.24, 2.45) is 0 Å². The molecule has 6 nitrogen and oxygen atoms in total. The lowest BCUT2D eigenvalue weighted by Crippen LogP contribution is -2.46. The summed E-state index contributed by atoms with van der Waals surface area (Å²) in [5, 5.41) is 5.54. The number of hydrogen-bond donors (Lipinski definition) is 2. The van der Waals surface area contributed by atoms with Crippen molar-refractivity contribution < 1.29 is 19.1 Å². The Labute approximate surface area is 149 Å². The number of esters is 1. The van der Waals surface area contributed by atoms with Crippen LogP contribution in [-0.4, -0.2) is 25.7 Å². The zero-order chi connectivity index (χ0) is 17.7. The summed E-state index contributed by atoms with van der Waals surface area (Å²) in [5.74, 6) is 0.142. The minimum atomic E-state index is -0.633. The fourth-order valence-corrected chi connectivity index (χ4v) is 3.06. The highest BCUT2D eigenvalue weighted by molar-refractivity contribution is 9.10. The van der Waals surface area contributed by atoms with E-state index in [2.05, 4.69) is 26.6 Å². The van der Waals surface area contributed by atoms with Crippen molar-refractivity contribution in [3.05, 3.63) is 39.5 Å². The van der Waals surface area contributed by atoms with Gasteiger partial charge in [0.1, 0.15) is 5.75 Å². The van der Waals surface area contributed by atoms with Crippen molar-refractivity contribution in [1.29, 1.82) is 0 Å². The highest BCUT2D eigenvalue weighted by atomic mass is 79.9. The first kappa shape index (κ1) is 18.3. The van der Waals surface area contributed by atoms with E-state index in [1.54, 1.807) is 20.1 Å². The van der Waals surface area contributed by atoms with Crippen LogP contribution in [0.15, 0.2) is 33.9 Å². The molecule has 1 aliphatic heterocycles. The third-order valence-corrected chi connectivity index (χ3v) is 4.14. The van der Waals surface area contributed by atoms with Crippen LogP contribution < -0.4 is 15.4 Å². The summed E-state index contributed by atoms with van der Waals surface area (Å²) >= 11 is 3.42. The monoisotopic (exact) mass is 396 g/mol. The van der Waals surface area contributed by atoms with Crippen LogP contribution in [0.5, 0.6) is 5.75 Å². The van der Waals surface area contributed by atoms with E-state index in [4.69, 9.17) is 9.47 Å². The number of ether oxygens (including phenoxy) is 2. The number of amides is 2. The van der Waals surface area contributed by atoms with E-state index in [-0.39, 0.29) is 12.6 Å². The van der Waals surface area contributed by atoms with E-state index in [0.717, 1.165) is 10.9 Å². The number of carbonyl (C=O) groups is 2. The Morgan fingerprint density at radius 2 is 2.08 bits per heavy atom. The Kier molecular flexibility index (Phi) is 6.25. The third-order valence-electron chi connectivity index (χ3n) is 3.65. The summed E-state index contributed by atoms with van der Waals surface area (Å²) in [5.41, 5.74) is 1.69. The molecule has 1 unspecified atom stereocenters. The predicted octanol–water partition coefficient (Wildman–Crippen LogP) is 3.43. The number of allylic oxidation sites excluding steroid dienone is 1. The summed E-state index contributed by atoms with van der Waals surface area (Å²) in [4.78, 5) is 24.6. The first-order valence-electron chi connectivity index (χ1n) is 7.82. The van der Waals surface area contributed by atoms with Gasteiger partial charge in [-0.25, -0.2) is 9.59 Å². The molecule has 0 saturated carbocycles. The molecule has 0 fully saturated rings. The fourth-order valence-electron chi connectivity index (χ4n) is 2.68. The van der Waals surface area contributed by atoms with Gasteiger partial charge in [0.05, 0.1) is 25.3 Å². The molecule has 7 heteroatoms. The lowest BCUT2D eigenvalue weighted by atomic mass is 9.93. The van der Waals surface area contributed by atoms with Gasteiger partial charge in [-0.05, 0) is 31.5 Å². The smallest absolute Gasteiger partial charge is 0.338 e. The van der Waals surface area contributed by atoms with Gasteiger partial charge in [-0.3, -0.25) is 0 Å². The van der Waals surface area contributed by atoms with Gasteiger partial charge in [0.15, 0.2) is 0 Å². The van der Waals surface area contributed by atoms with E-state index in [9.17, 15) is 9.59 Å². The highest BCUT2D eigenvalue weighted by Gasteiger charge is 2.34. The van der Waals surface area contributed by atoms with Gasteiger partial charge in [0.2, 0.25) is 0 Å². The lowest BCUT2D eigenvalue weighted by molar-refractivity contribution is -0.139. The second kappa shape index (κ2) is 8.19. The summed E-state index contributed by atoms with van der Waals surface area (Å²) in [6.07, 6.45) is 1.37. The summed E-state index contributed by atoms with van der Waals surface area (Å²) in [6, 6.07) is 4.48. The number of nitrogens with one attached hydrogen (secondary N) is 2. The number of carbonyl (C=O) groups excluding carboxylic acids is 2. The quantitative estimate of drug-likeness (QED) is 0.722. The van der Waals surface area contributed by atoms with Crippen LogP contribution in [0.25, 0.3) is 0 Å². The largest absolute Gasteiger partial charge is 0.496 e. The second-order valence-electron chi connectivity index (χ2n) is 5.28. The van der Waals surface area contributed by atoms with E-state index in [0.29, 0.717) is 29.0 Å². The number of urea groups is 1. The Morgan fingerprint density at radius 3 is 2.71 bits per heavy atom. The SMILES string of the molecule is CCCC1=C(C(=O)OCC)C(c2cc(Br)ccc2OC)NC(=O)N1. The van der Waals surface area contributed by atoms with Crippen LogP contribution in [0.1, 0.15) is 38.3 Å². The molecule has 2 rings (SSSR count). The highest BCUT2D eigenvalue weighted by Crippen LogP contribution is 2.36. The molecule has 0 saturated heterocycles. The number of benzene rings is 1. The van der Waals surface area contributed by atoms with Gasteiger partial charge in [-0.15, -0.1) is 0 Å². The molecule has 0 radical (unpaired) electrons. The van der Waals surface area contributed by atoms with Crippen LogP contribution in [0.3, 0.4) is 0 Å². The van der Waals surface area contributed by atoms with Crippen LogP contribution in [-0.2, 0) is 9.53 Å². The molecule has 0 aliphatic carbocycles. The van der Waals surface area contributed by atoms with Crippen LogP contribution >= 0.6 is 15.9 Å². The molecule has 130 valence electrons. The zero-order valence-corrected chi connectivity index (χ0v) is 15.5. The van der Waals surface area contributed by atoms with Crippen molar-refractivity contribution >= 4 is 27.9 Å². The maximum Gasteiger partial charge on any atom is 0.338 e. The maximum absolute atomic E-state index is 12.5. The van der Waals surface area contributed by atoms with E-state index in [1.807, 2.05) is 19.1 Å². The van der Waals surface area contributed by atoms with Gasteiger partial charge in [0, 0.05) is 15.7 Å². The first-order chi connectivity index (χ1) is 11.5. The topological polar surface area (TPSA) is 76.7 Å². The van der Waals surface area contributed by atoms with Crippen LogP contribution in [0, 0.1) is 0 Å². The Morgan fingerprint density at radius 1 is 1.33 bits per heavy atom. The van der Waals surface area contributed by atoms with Gasteiger partial charge in [-0.2, -0.15) is 0 Å². The Bertz CT molecular complexity index is 673. The molecule has 24 heavy (non-hydrogen) atoms. The summed E-state index contributed by atoms with van der Waals surface area (Å²) < 4.78 is 11.4. The number of hydrogen-bond acceptors (Lipinski definition) is 4. The minimum Gasteiger partial charge on any atom is -0.496 e. The minimum absolute atomic E-state index is 0.262. The molecule has 0 spiro atoms. The molecule has 2 N–H and O–H groups in total. The zero-order valence-electron chi connectivity index (χ0n) is 13.9. The predicted molar refractivity (Wildman–Crippen MR) is 93.7 cm³/mol. The number of methoxy groups -OCH3 is 1. The normalized spacial score (nSPS) is 17.2. The van der Waals surface area contributed by atoms with Gasteiger partial charge in [0.25, 0.3) is 0 Å². The van der Waals surface area contributed by atoms with Gasteiger partial charge >= 0.3 is 12.0 Å². The third kappa shape index (κ3) is 3.90. The van der Waals surface area contributed by atoms with Crippen molar-refractivity contribution in [1.82, 2.24) is 10.6 Å². The lowest BCUT2D eigenvalue weighted by Gasteiger charge is -2.30. The van der Waals surface area contributed by atoms with Crippen molar-refractivity contribution in [3.8, 4) is 5.75 Å². The Hall–Kier alpha value is -2.02. The molecule has 1 aromatic carbocycles. The average molecular weight is 397 g/mol. The molecule has 1 heterocycles. The molecular formula is C17H21BrN2O4. The first-order valence-corrected chi connectivity index (χ1v) is 8.62. The van der Waals surface area contributed by atoms with E-state index in [1.165, 1.54) is 0 Å². The van der Waals surface area contributed by atoms with Crippen molar-refractivity contribution in [3.63, 3.8) is 0 Å². The van der Waals surface area contributed by atoms with Crippen molar-refractivity contribution in [2.75, 3.05) is 13.7 Å². The molecule has 1 atom stereocenters. The Balaban J connectivity index is 2.59. The standard InChI is InChI=1S/C17H21BrN2O4/c1-4-6-12-14(16(21)24-5-2)15(20-17(22)19-12)11-9-10(18)7-8-13(11)23-3/h7-9,15H,4-6H2,1-3H3,(H2,19,20,22). The molecule has 0 aromatic heterocycles. The average Bonchev–Trinajstić information content (AvgIpc) is 2.54. The number of rotatable bonds is 6. The summed E-state index contributed by atoms with van der Waals surface area (Å²) in [7, 11) is 1.55.